The summed E-state index contributed by atoms with van der Waals surface area (Å²) in [6, 6.07) is 0. The molecule has 2 heterocycles. The Balaban J connectivity index is 2.39. The molecule has 1 aliphatic rings. The Morgan fingerprint density at radius 2 is 2.17 bits per heavy atom. The van der Waals surface area contributed by atoms with Crippen LogP contribution < -0.4 is 16.8 Å². The van der Waals surface area contributed by atoms with E-state index in [1.807, 2.05) is 0 Å². The number of aliphatic hydroxyl groups is 2. The molecule has 0 spiro atoms. The topological polar surface area (TPSA) is 143 Å². The zero-order valence-corrected chi connectivity index (χ0v) is 9.75. The van der Waals surface area contributed by atoms with Crippen molar-refractivity contribution in [2.24, 2.45) is 4.99 Å². The van der Waals surface area contributed by atoms with E-state index < -0.39 is 6.10 Å². The average Bonchev–Trinajstić information content (AvgIpc) is 2.29. The Bertz CT molecular complexity index is 537. The summed E-state index contributed by atoms with van der Waals surface area (Å²) in [4.78, 5) is 12.0. The molecule has 8 nitrogen and oxygen atoms in total. The number of hydrogen-bond donors (Lipinski definition) is 5. The molecule has 0 bridgehead atoms. The number of aliphatic hydroxyl groups excluding tert-OH is 2. The highest BCUT2D eigenvalue weighted by Gasteiger charge is 2.17. The van der Waals surface area contributed by atoms with Crippen molar-refractivity contribution in [3.05, 3.63) is 11.8 Å². The first-order valence-corrected chi connectivity index (χ1v) is 5.30. The molecular weight excluding hydrogens is 236 g/mol. The second-order valence-corrected chi connectivity index (χ2v) is 3.87. The molecule has 0 saturated heterocycles. The van der Waals surface area contributed by atoms with Crippen LogP contribution in [0.4, 0.5) is 23.3 Å². The number of nitrogens with two attached hydrogens (primary N) is 2. The molecule has 0 amide bonds. The van der Waals surface area contributed by atoms with E-state index in [9.17, 15) is 10.2 Å². The molecule has 1 aliphatic heterocycles. The maximum atomic E-state index is 9.46. The number of aliphatic imine (C=N–C) groups is 1. The summed E-state index contributed by atoms with van der Waals surface area (Å²) < 4.78 is 0. The minimum absolute atomic E-state index is 0.0692. The van der Waals surface area contributed by atoms with Gasteiger partial charge in [0.2, 0.25) is 5.95 Å². The Morgan fingerprint density at radius 3 is 2.83 bits per heavy atom. The van der Waals surface area contributed by atoms with Gasteiger partial charge in [-0.1, -0.05) is 0 Å². The number of nitrogens with one attached hydrogen (secondary N) is 1. The van der Waals surface area contributed by atoms with Gasteiger partial charge in [-0.15, -0.1) is 0 Å². The number of rotatable bonds is 2. The third kappa shape index (κ3) is 2.33. The Hall–Kier alpha value is -2.35. The molecule has 0 saturated carbocycles. The highest BCUT2D eigenvalue weighted by atomic mass is 16.3. The van der Waals surface area contributed by atoms with E-state index in [2.05, 4.69) is 20.3 Å². The maximum absolute atomic E-state index is 9.46. The SMILES string of the molecule is CC(O)C(O)=CC1=Nc2c(N)nc(N)nc2NC1. The number of fused-ring (bicyclic) bond motifs is 1. The van der Waals surface area contributed by atoms with Crippen LogP contribution in [0, 0.1) is 0 Å². The van der Waals surface area contributed by atoms with Crippen molar-refractivity contribution in [3.8, 4) is 0 Å². The van der Waals surface area contributed by atoms with E-state index in [1.54, 1.807) is 0 Å². The summed E-state index contributed by atoms with van der Waals surface area (Å²) in [5.74, 6) is 0.509. The van der Waals surface area contributed by atoms with Crippen molar-refractivity contribution in [1.29, 1.82) is 0 Å². The van der Waals surface area contributed by atoms with Crippen LogP contribution in [0.1, 0.15) is 6.92 Å². The first kappa shape index (κ1) is 12.1. The van der Waals surface area contributed by atoms with Crippen molar-refractivity contribution in [3.63, 3.8) is 0 Å². The van der Waals surface area contributed by atoms with Crippen molar-refractivity contribution in [2.45, 2.75) is 13.0 Å². The molecule has 1 atom stereocenters. The van der Waals surface area contributed by atoms with Crippen LogP contribution in [0.25, 0.3) is 0 Å². The van der Waals surface area contributed by atoms with E-state index in [0.29, 0.717) is 23.8 Å². The zero-order chi connectivity index (χ0) is 13.3. The monoisotopic (exact) mass is 250 g/mol. The summed E-state index contributed by atoms with van der Waals surface area (Å²) in [6.45, 7) is 1.80. The molecule has 0 aromatic carbocycles. The first-order chi connectivity index (χ1) is 8.47. The summed E-state index contributed by atoms with van der Waals surface area (Å²) in [5, 5.41) is 21.6. The first-order valence-electron chi connectivity index (χ1n) is 5.30. The van der Waals surface area contributed by atoms with Crippen molar-refractivity contribution in [1.82, 2.24) is 9.97 Å². The van der Waals surface area contributed by atoms with Gasteiger partial charge in [0.05, 0.1) is 12.3 Å². The van der Waals surface area contributed by atoms with Crippen molar-refractivity contribution >= 4 is 29.0 Å². The lowest BCUT2D eigenvalue weighted by Crippen LogP contribution is -2.20. The molecular formula is C10H14N6O2. The molecule has 1 unspecified atom stereocenters. The molecule has 0 radical (unpaired) electrons. The third-order valence-electron chi connectivity index (χ3n) is 2.36. The normalized spacial score (nSPS) is 16.6. The smallest absolute Gasteiger partial charge is 0.224 e. The molecule has 96 valence electrons. The molecule has 18 heavy (non-hydrogen) atoms. The van der Waals surface area contributed by atoms with Gasteiger partial charge in [0.1, 0.15) is 17.6 Å². The van der Waals surface area contributed by atoms with Gasteiger partial charge < -0.3 is 27.0 Å². The Kier molecular flexibility index (Phi) is 3.02. The predicted molar refractivity (Wildman–Crippen MR) is 68.8 cm³/mol. The highest BCUT2D eigenvalue weighted by molar-refractivity contribution is 6.04. The fourth-order valence-corrected chi connectivity index (χ4v) is 1.46. The minimum Gasteiger partial charge on any atom is -0.510 e. The molecule has 2 rings (SSSR count). The zero-order valence-electron chi connectivity index (χ0n) is 9.75. The van der Waals surface area contributed by atoms with Gasteiger partial charge in [0.25, 0.3) is 0 Å². The fourth-order valence-electron chi connectivity index (χ4n) is 1.46. The van der Waals surface area contributed by atoms with Gasteiger partial charge in [-0.05, 0) is 6.92 Å². The molecule has 1 aromatic heterocycles. The van der Waals surface area contributed by atoms with Gasteiger partial charge in [-0.25, -0.2) is 4.99 Å². The standard InChI is InChI=1S/C10H14N6O2/c1-4(17)6(18)2-5-3-13-9-7(14-5)8(11)15-10(12)16-9/h2,4,17-18H,3H2,1H3,(H5,11,12,13,15,16). The van der Waals surface area contributed by atoms with E-state index in [4.69, 9.17) is 11.5 Å². The van der Waals surface area contributed by atoms with Crippen LogP contribution in [-0.4, -0.2) is 38.5 Å². The van der Waals surface area contributed by atoms with Crippen LogP contribution in [0.2, 0.25) is 0 Å². The quantitative estimate of drug-likeness (QED) is 0.463. The van der Waals surface area contributed by atoms with E-state index >= 15 is 0 Å². The summed E-state index contributed by atoms with van der Waals surface area (Å²) in [6.07, 6.45) is 0.422. The second kappa shape index (κ2) is 4.49. The lowest BCUT2D eigenvalue weighted by atomic mass is 10.2. The molecule has 0 fully saturated rings. The van der Waals surface area contributed by atoms with Crippen LogP contribution in [0.15, 0.2) is 16.8 Å². The van der Waals surface area contributed by atoms with Gasteiger partial charge in [-0.2, -0.15) is 9.97 Å². The van der Waals surface area contributed by atoms with E-state index in [-0.39, 0.29) is 17.5 Å². The lowest BCUT2D eigenvalue weighted by molar-refractivity contribution is 0.170. The van der Waals surface area contributed by atoms with Crippen LogP contribution in [-0.2, 0) is 0 Å². The Morgan fingerprint density at radius 1 is 1.44 bits per heavy atom. The lowest BCUT2D eigenvalue weighted by Gasteiger charge is -2.16. The van der Waals surface area contributed by atoms with Gasteiger partial charge in [0, 0.05) is 6.08 Å². The third-order valence-corrected chi connectivity index (χ3v) is 2.36. The van der Waals surface area contributed by atoms with Crippen LogP contribution >= 0.6 is 0 Å². The molecule has 8 heteroatoms. The van der Waals surface area contributed by atoms with E-state index in [1.165, 1.54) is 13.0 Å². The summed E-state index contributed by atoms with van der Waals surface area (Å²) in [7, 11) is 0. The van der Waals surface area contributed by atoms with Crippen molar-refractivity contribution in [2.75, 3.05) is 23.3 Å². The number of nitrogens with zero attached hydrogens (tertiary/aromatic N) is 3. The summed E-state index contributed by atoms with van der Waals surface area (Å²) >= 11 is 0. The van der Waals surface area contributed by atoms with Gasteiger partial charge in [-0.3, -0.25) is 0 Å². The van der Waals surface area contributed by atoms with Crippen molar-refractivity contribution < 1.29 is 10.2 Å². The maximum Gasteiger partial charge on any atom is 0.224 e. The van der Waals surface area contributed by atoms with Crippen LogP contribution in [0.5, 0.6) is 0 Å². The van der Waals surface area contributed by atoms with Gasteiger partial charge in [0.15, 0.2) is 11.6 Å². The molecule has 0 aliphatic carbocycles. The van der Waals surface area contributed by atoms with E-state index in [0.717, 1.165) is 0 Å². The molecule has 1 aromatic rings. The largest absolute Gasteiger partial charge is 0.510 e. The number of nitrogen functional groups attached to an aromatic ring is 2. The number of anilines is 3. The highest BCUT2D eigenvalue weighted by Crippen LogP contribution is 2.31. The number of aromatic nitrogens is 2. The summed E-state index contributed by atoms with van der Waals surface area (Å²) in [5.41, 5.74) is 12.0. The second-order valence-electron chi connectivity index (χ2n) is 3.87. The van der Waals surface area contributed by atoms with Gasteiger partial charge >= 0.3 is 0 Å². The Labute approximate surface area is 103 Å². The minimum atomic E-state index is -0.950. The average molecular weight is 250 g/mol. The number of hydrogen-bond acceptors (Lipinski definition) is 8. The van der Waals surface area contributed by atoms with Crippen LogP contribution in [0.3, 0.4) is 0 Å². The fraction of sp³-hybridized carbons (Fsp3) is 0.300. The predicted octanol–water partition coefficient (Wildman–Crippen LogP) is -0.0383. The molecule has 7 N–H and O–H groups in total.